The highest BCUT2D eigenvalue weighted by atomic mass is 16.6. The van der Waals surface area contributed by atoms with Crippen LogP contribution in [-0.4, -0.2) is 68.5 Å². The number of nitrogens with zero attached hydrogens (tertiary/aromatic N) is 2. The van der Waals surface area contributed by atoms with E-state index in [9.17, 15) is 25.4 Å². The summed E-state index contributed by atoms with van der Waals surface area (Å²) in [5.41, 5.74) is 0.810. The summed E-state index contributed by atoms with van der Waals surface area (Å²) >= 11 is 0. The molecule has 3 N–H and O–H groups in total. The zero-order valence-corrected chi connectivity index (χ0v) is 19.2. The van der Waals surface area contributed by atoms with Gasteiger partial charge < -0.3 is 33.6 Å². The van der Waals surface area contributed by atoms with Gasteiger partial charge in [0.25, 0.3) is 0 Å². The van der Waals surface area contributed by atoms with Crippen LogP contribution in [0.3, 0.4) is 0 Å². The van der Waals surface area contributed by atoms with Gasteiger partial charge in [-0.05, 0) is 38.8 Å². The summed E-state index contributed by atoms with van der Waals surface area (Å²) < 4.78 is 22.2. The fraction of sp³-hybridized carbons (Fsp3) is 0.609. The third kappa shape index (κ3) is 5.39. The number of aliphatic hydroxyl groups is 3. The molecule has 0 aromatic carbocycles. The Labute approximate surface area is 196 Å². The van der Waals surface area contributed by atoms with Gasteiger partial charge in [-0.25, -0.2) is 4.98 Å². The third-order valence-corrected chi connectivity index (χ3v) is 6.61. The van der Waals surface area contributed by atoms with Crippen LogP contribution in [0.4, 0.5) is 5.88 Å². The molecule has 2 aromatic heterocycles. The summed E-state index contributed by atoms with van der Waals surface area (Å²) in [6.45, 7) is 5.79. The van der Waals surface area contributed by atoms with Crippen LogP contribution in [0.5, 0.6) is 0 Å². The van der Waals surface area contributed by atoms with Crippen LogP contribution >= 0.6 is 0 Å². The molecule has 34 heavy (non-hydrogen) atoms. The molecule has 0 radical (unpaired) electrons. The van der Waals surface area contributed by atoms with Crippen molar-refractivity contribution < 1.29 is 38.6 Å². The highest BCUT2D eigenvalue weighted by Crippen LogP contribution is 2.38. The maximum Gasteiger partial charge on any atom is 0.433 e. The molecule has 0 unspecified atom stereocenters. The smallest absolute Gasteiger partial charge is 0.433 e. The number of aromatic nitrogens is 1. The molecule has 186 valence electrons. The van der Waals surface area contributed by atoms with E-state index >= 15 is 0 Å². The molecule has 4 heterocycles. The topological polar surface area (TPSA) is 165 Å². The van der Waals surface area contributed by atoms with Crippen LogP contribution in [0, 0.1) is 22.0 Å². The van der Waals surface area contributed by atoms with Crippen molar-refractivity contribution in [1.29, 1.82) is 0 Å². The van der Waals surface area contributed by atoms with Gasteiger partial charge in [-0.2, -0.15) is 0 Å². The first-order chi connectivity index (χ1) is 16.1. The Morgan fingerprint density at radius 2 is 2.00 bits per heavy atom. The average Bonchev–Trinajstić information content (AvgIpc) is 3.15. The van der Waals surface area contributed by atoms with Crippen LogP contribution in [0.1, 0.15) is 39.5 Å². The highest BCUT2D eigenvalue weighted by Gasteiger charge is 2.48. The summed E-state index contributed by atoms with van der Waals surface area (Å²) in [6, 6.07) is 2.67. The summed E-state index contributed by atoms with van der Waals surface area (Å²) in [5.74, 6) is 0.0982. The minimum Gasteiger partial charge on any atom is -0.433 e. The number of hydrogen-bond donors (Lipinski definition) is 3. The molecule has 2 aliphatic heterocycles. The largest absolute Gasteiger partial charge is 0.433 e. The standard InChI is InChI=1S/C23H30N2O9/c1-11(7-19-24-9-18(32-19)15-4-5-20(33-15)25(29)30)6-16-22(28)21(27)14(10-31-16)8-17-23(34-17)12(2)13(3)26/h4-5,7,9,12-14,16-17,21-23,26-28H,6,8,10H2,1-3H3/b11-7+/t12-,13-,14-,16-,17+,21+,22-,23-/m0/s1. The summed E-state index contributed by atoms with van der Waals surface area (Å²) in [5, 5.41) is 41.8. The van der Waals surface area contributed by atoms with Gasteiger partial charge in [-0.15, -0.1) is 0 Å². The zero-order valence-electron chi connectivity index (χ0n) is 19.2. The Balaban J connectivity index is 1.31. The molecular formula is C23H30N2O9. The molecule has 0 spiro atoms. The van der Waals surface area contributed by atoms with Crippen molar-refractivity contribution in [3.05, 3.63) is 39.9 Å². The first-order valence-corrected chi connectivity index (χ1v) is 11.3. The minimum absolute atomic E-state index is 0.00994. The summed E-state index contributed by atoms with van der Waals surface area (Å²) in [4.78, 5) is 14.3. The van der Waals surface area contributed by atoms with Crippen molar-refractivity contribution in [2.45, 2.75) is 70.2 Å². The Bertz CT molecular complexity index is 1030. The van der Waals surface area contributed by atoms with Gasteiger partial charge in [0.1, 0.15) is 11.0 Å². The lowest BCUT2D eigenvalue weighted by atomic mass is 9.85. The molecule has 0 bridgehead atoms. The molecule has 0 aliphatic carbocycles. The van der Waals surface area contributed by atoms with Gasteiger partial charge in [0.2, 0.25) is 5.89 Å². The highest BCUT2D eigenvalue weighted by molar-refractivity contribution is 5.53. The monoisotopic (exact) mass is 478 g/mol. The third-order valence-electron chi connectivity index (χ3n) is 6.61. The van der Waals surface area contributed by atoms with Crippen LogP contribution in [-0.2, 0) is 9.47 Å². The second-order valence-corrected chi connectivity index (χ2v) is 9.24. The Morgan fingerprint density at radius 3 is 2.68 bits per heavy atom. The van der Waals surface area contributed by atoms with Gasteiger partial charge in [0.15, 0.2) is 11.5 Å². The van der Waals surface area contributed by atoms with Gasteiger partial charge in [0, 0.05) is 11.8 Å². The lowest BCUT2D eigenvalue weighted by Gasteiger charge is -2.38. The SMILES string of the molecule is C/C(=C\c1ncc(-c2ccc([N+](=O)[O-])o2)o1)C[C@@H]1OC[C@H](C[C@H]2O[C@H]2[C@@H](C)[C@H](C)O)[C@@H](O)[C@H]1O. The molecule has 2 saturated heterocycles. The van der Waals surface area contributed by atoms with E-state index in [0.717, 1.165) is 5.57 Å². The summed E-state index contributed by atoms with van der Waals surface area (Å²) in [6.07, 6.45) is 0.865. The minimum atomic E-state index is -1.06. The van der Waals surface area contributed by atoms with E-state index in [4.69, 9.17) is 18.3 Å². The summed E-state index contributed by atoms with van der Waals surface area (Å²) in [7, 11) is 0. The molecule has 11 heteroatoms. The Hall–Kier alpha value is -2.57. The quantitative estimate of drug-likeness (QED) is 0.277. The van der Waals surface area contributed by atoms with Crippen LogP contribution in [0.15, 0.2) is 32.7 Å². The number of aliphatic hydroxyl groups excluding tert-OH is 3. The van der Waals surface area contributed by atoms with E-state index in [-0.39, 0.29) is 47.3 Å². The van der Waals surface area contributed by atoms with Gasteiger partial charge >= 0.3 is 5.88 Å². The number of oxazole rings is 1. The molecule has 11 nitrogen and oxygen atoms in total. The van der Waals surface area contributed by atoms with E-state index in [1.54, 1.807) is 13.0 Å². The van der Waals surface area contributed by atoms with Crippen molar-refractivity contribution in [3.8, 4) is 11.5 Å². The van der Waals surface area contributed by atoms with Gasteiger partial charge in [-0.1, -0.05) is 12.5 Å². The van der Waals surface area contributed by atoms with E-state index in [2.05, 4.69) is 4.98 Å². The van der Waals surface area contributed by atoms with Gasteiger partial charge in [0.05, 0.1) is 49.4 Å². The number of hydrogen-bond acceptors (Lipinski definition) is 10. The van der Waals surface area contributed by atoms with E-state index in [1.807, 2.05) is 13.8 Å². The lowest BCUT2D eigenvalue weighted by Crippen LogP contribution is -2.50. The number of ether oxygens (including phenoxy) is 2. The molecule has 2 aromatic rings. The van der Waals surface area contributed by atoms with E-state index in [1.165, 1.54) is 18.3 Å². The molecule has 2 aliphatic rings. The number of epoxide rings is 1. The van der Waals surface area contributed by atoms with E-state index in [0.29, 0.717) is 19.4 Å². The number of nitro groups is 1. The van der Waals surface area contributed by atoms with Crippen molar-refractivity contribution in [1.82, 2.24) is 4.98 Å². The molecular weight excluding hydrogens is 448 g/mol. The maximum atomic E-state index is 10.8. The molecule has 0 amide bonds. The van der Waals surface area contributed by atoms with Crippen molar-refractivity contribution in [2.75, 3.05) is 6.61 Å². The van der Waals surface area contributed by atoms with Crippen LogP contribution in [0.25, 0.3) is 17.6 Å². The van der Waals surface area contributed by atoms with Crippen LogP contribution in [0.2, 0.25) is 0 Å². The van der Waals surface area contributed by atoms with Crippen LogP contribution < -0.4 is 0 Å². The van der Waals surface area contributed by atoms with Crippen molar-refractivity contribution in [3.63, 3.8) is 0 Å². The molecule has 8 atom stereocenters. The molecule has 0 saturated carbocycles. The number of furan rings is 1. The van der Waals surface area contributed by atoms with Gasteiger partial charge in [-0.3, -0.25) is 10.1 Å². The predicted octanol–water partition coefficient (Wildman–Crippen LogP) is 2.55. The first kappa shape index (κ1) is 24.6. The van der Waals surface area contributed by atoms with Crippen molar-refractivity contribution in [2.24, 2.45) is 11.8 Å². The fourth-order valence-electron chi connectivity index (χ4n) is 4.33. The first-order valence-electron chi connectivity index (χ1n) is 11.3. The Kier molecular flexibility index (Phi) is 7.20. The average molecular weight is 478 g/mol. The second-order valence-electron chi connectivity index (χ2n) is 9.24. The lowest BCUT2D eigenvalue weighted by molar-refractivity contribution is -0.401. The number of rotatable bonds is 9. The maximum absolute atomic E-state index is 10.8. The Morgan fingerprint density at radius 1 is 1.24 bits per heavy atom. The fourth-order valence-corrected chi connectivity index (χ4v) is 4.33. The molecule has 2 fully saturated rings. The van der Waals surface area contributed by atoms with E-state index < -0.39 is 29.3 Å². The normalized spacial score (nSPS) is 31.3. The zero-order chi connectivity index (χ0) is 24.6. The second kappa shape index (κ2) is 9.96. The molecule has 4 rings (SSSR count). The predicted molar refractivity (Wildman–Crippen MR) is 118 cm³/mol. The van der Waals surface area contributed by atoms with Crippen molar-refractivity contribution >= 4 is 12.0 Å².